The van der Waals surface area contributed by atoms with Crippen molar-refractivity contribution >= 4 is 35.3 Å². The lowest BCUT2D eigenvalue weighted by atomic mass is 9.99. The van der Waals surface area contributed by atoms with Crippen LogP contribution in [-0.2, 0) is 4.79 Å². The molecule has 4 rings (SSSR count). The van der Waals surface area contributed by atoms with Crippen LogP contribution >= 0.6 is 11.6 Å². The second kappa shape index (κ2) is 9.46. The lowest BCUT2D eigenvalue weighted by Gasteiger charge is -2.15. The molecule has 3 aromatic carbocycles. The van der Waals surface area contributed by atoms with E-state index in [4.69, 9.17) is 11.6 Å². The van der Waals surface area contributed by atoms with Gasteiger partial charge in [-0.15, -0.1) is 10.1 Å². The van der Waals surface area contributed by atoms with E-state index < -0.39 is 12.1 Å². The number of carbonyl (C=O) groups is 2. The van der Waals surface area contributed by atoms with Crippen LogP contribution in [0.1, 0.15) is 33.1 Å². The molecule has 1 heterocycles. The average molecular weight is 462 g/mol. The van der Waals surface area contributed by atoms with Gasteiger partial charge in [-0.05, 0) is 55.5 Å². The molecule has 33 heavy (non-hydrogen) atoms. The molecule has 0 unspecified atom stereocenters. The zero-order chi connectivity index (χ0) is 23.5. The Morgan fingerprint density at radius 2 is 1.76 bits per heavy atom. The summed E-state index contributed by atoms with van der Waals surface area (Å²) in [5.74, 6) is -0.577. The fraction of sp³-hybridized carbons (Fsp3) is 0.192. The molecule has 1 aliphatic heterocycles. The predicted molar refractivity (Wildman–Crippen MR) is 131 cm³/mol. The van der Waals surface area contributed by atoms with Crippen molar-refractivity contribution in [3.63, 3.8) is 0 Å². The number of nitrogens with one attached hydrogen (secondary N) is 2. The summed E-state index contributed by atoms with van der Waals surface area (Å²) in [4.78, 5) is 28.0. The molecule has 0 aromatic heterocycles. The van der Waals surface area contributed by atoms with Crippen molar-refractivity contribution in [3.05, 3.63) is 100 Å². The molecule has 0 spiro atoms. The van der Waals surface area contributed by atoms with Gasteiger partial charge in [0.25, 0.3) is 5.91 Å². The second-order valence-corrected chi connectivity index (χ2v) is 8.75. The zero-order valence-electron chi connectivity index (χ0n) is 18.7. The Bertz CT molecular complexity index is 1200. The average Bonchev–Trinajstić information content (AvgIpc) is 3.09. The van der Waals surface area contributed by atoms with E-state index in [2.05, 4.69) is 10.7 Å². The van der Waals surface area contributed by atoms with Gasteiger partial charge in [0.2, 0.25) is 12.3 Å². The summed E-state index contributed by atoms with van der Waals surface area (Å²) >= 11 is 6.09. The highest BCUT2D eigenvalue weighted by Gasteiger charge is 2.47. The molecule has 0 bridgehead atoms. The van der Waals surface area contributed by atoms with Gasteiger partial charge in [-0.1, -0.05) is 41.4 Å². The first-order valence-corrected chi connectivity index (χ1v) is 11.0. The van der Waals surface area contributed by atoms with E-state index >= 15 is 0 Å². The predicted octanol–water partition coefficient (Wildman–Crippen LogP) is 3.73. The third-order valence-electron chi connectivity index (χ3n) is 5.61. The van der Waals surface area contributed by atoms with Gasteiger partial charge in [-0.2, -0.15) is 0 Å². The van der Waals surface area contributed by atoms with Crippen molar-refractivity contribution in [3.8, 4) is 0 Å². The number of rotatable bonds is 5. The fourth-order valence-electron chi connectivity index (χ4n) is 3.87. The Hall–Kier alpha value is -3.64. The van der Waals surface area contributed by atoms with E-state index in [-0.39, 0.29) is 11.8 Å². The van der Waals surface area contributed by atoms with E-state index in [1.807, 2.05) is 80.7 Å². The number of carbonyl (C=O) groups excluding carboxylic acids is 2. The van der Waals surface area contributed by atoms with Crippen LogP contribution in [0.5, 0.6) is 0 Å². The summed E-state index contributed by atoms with van der Waals surface area (Å²) in [5, 5.41) is 3.53. The van der Waals surface area contributed by atoms with Gasteiger partial charge >= 0.3 is 5.91 Å². The molecule has 1 aliphatic rings. The van der Waals surface area contributed by atoms with Crippen LogP contribution in [0.25, 0.3) is 0 Å². The fourth-order valence-corrected chi connectivity index (χ4v) is 4.00. The third-order valence-corrected chi connectivity index (χ3v) is 5.87. The number of nitrogens with zero attached hydrogens (tertiary/aromatic N) is 2. The normalized spacial score (nSPS) is 18.8. The largest absolute Gasteiger partial charge is 0.378 e. The van der Waals surface area contributed by atoms with Gasteiger partial charge in [0.05, 0.1) is 0 Å². The molecule has 2 amide bonds. The smallest absolute Gasteiger partial charge is 0.304 e. The van der Waals surface area contributed by atoms with Crippen molar-refractivity contribution < 1.29 is 14.3 Å². The highest BCUT2D eigenvalue weighted by Crippen LogP contribution is 2.27. The summed E-state index contributed by atoms with van der Waals surface area (Å²) in [7, 11) is 3.97. The highest BCUT2D eigenvalue weighted by atomic mass is 35.5. The van der Waals surface area contributed by atoms with Crippen molar-refractivity contribution in [1.82, 2.24) is 10.7 Å². The summed E-state index contributed by atoms with van der Waals surface area (Å²) < 4.78 is 1.75. The van der Waals surface area contributed by atoms with Gasteiger partial charge < -0.3 is 10.2 Å². The number of hydrogen-bond acceptors (Lipinski definition) is 3. The molecule has 1 saturated heterocycles. The van der Waals surface area contributed by atoms with Crippen molar-refractivity contribution in [2.75, 3.05) is 19.0 Å². The van der Waals surface area contributed by atoms with Gasteiger partial charge in [-0.25, -0.2) is 0 Å². The third kappa shape index (κ3) is 5.07. The minimum atomic E-state index is -0.781. The molecule has 0 aliphatic carbocycles. The monoisotopic (exact) mass is 461 g/mol. The molecule has 2 N–H and O–H groups in total. The Labute approximate surface area is 198 Å². The van der Waals surface area contributed by atoms with E-state index in [1.165, 1.54) is 0 Å². The van der Waals surface area contributed by atoms with Crippen molar-refractivity contribution in [1.29, 1.82) is 0 Å². The molecule has 1 fully saturated rings. The van der Waals surface area contributed by atoms with Crippen molar-refractivity contribution in [2.24, 2.45) is 0 Å². The molecule has 168 valence electrons. The summed E-state index contributed by atoms with van der Waals surface area (Å²) in [5.41, 5.74) is 7.25. The minimum Gasteiger partial charge on any atom is -0.378 e. The summed E-state index contributed by atoms with van der Waals surface area (Å²) in [6, 6.07) is 21.4. The maximum absolute atomic E-state index is 13.0. The lowest BCUT2D eigenvalue weighted by molar-refractivity contribution is -0.596. The van der Waals surface area contributed by atoms with E-state index in [1.54, 1.807) is 28.9 Å². The van der Waals surface area contributed by atoms with Gasteiger partial charge in [-0.3, -0.25) is 9.59 Å². The standard InChI is InChI=1S/C26H25ClN4O2/c1-17-5-4-6-20(15-17)25(32)28-23-24(19-9-11-21(27)12-10-19)31(29-26(23)33)16-18-7-13-22(14-8-18)30(2)3/h4-16,23-24H,1-3H3,(H-,28,29,32,33)/p+1/t23-,24+/m0/s1. The van der Waals surface area contributed by atoms with Gasteiger partial charge in [0, 0.05) is 41.5 Å². The number of aryl methyl sites for hydroxylation is 1. The quantitative estimate of drug-likeness (QED) is 0.569. The second-order valence-electron chi connectivity index (χ2n) is 8.32. The first-order chi connectivity index (χ1) is 15.8. The van der Waals surface area contributed by atoms with E-state index in [9.17, 15) is 9.59 Å². The van der Waals surface area contributed by atoms with Crippen LogP contribution in [0.3, 0.4) is 0 Å². The molecular formula is C26H26ClN4O2+. The maximum Gasteiger partial charge on any atom is 0.304 e. The molecule has 0 saturated carbocycles. The number of hydrazine groups is 1. The topological polar surface area (TPSA) is 64.5 Å². The summed E-state index contributed by atoms with van der Waals surface area (Å²) in [6.07, 6.45) is 1.87. The number of halogens is 1. The number of anilines is 1. The molecule has 3 aromatic rings. The van der Waals surface area contributed by atoms with Crippen LogP contribution in [0.2, 0.25) is 5.02 Å². The Morgan fingerprint density at radius 3 is 2.39 bits per heavy atom. The van der Waals surface area contributed by atoms with Crippen LogP contribution in [-0.4, -0.2) is 42.9 Å². The van der Waals surface area contributed by atoms with E-state index in [0.717, 1.165) is 22.4 Å². The number of amides is 2. The maximum atomic E-state index is 13.0. The molecule has 2 atom stereocenters. The van der Waals surface area contributed by atoms with Crippen molar-refractivity contribution in [2.45, 2.75) is 19.0 Å². The first-order valence-electron chi connectivity index (χ1n) is 10.7. The Morgan fingerprint density at radius 1 is 1.06 bits per heavy atom. The number of hydrogen-bond donors (Lipinski definition) is 2. The zero-order valence-corrected chi connectivity index (χ0v) is 19.5. The Kier molecular flexibility index (Phi) is 6.47. The van der Waals surface area contributed by atoms with Crippen LogP contribution < -0.4 is 15.6 Å². The SMILES string of the molecule is Cc1cccc(C(=O)N[C@@H]2C(=O)N/[N+](=C\c3ccc(N(C)C)cc3)[C@@H]2c2ccc(Cl)cc2)c1. The van der Waals surface area contributed by atoms with Crippen LogP contribution in [0.15, 0.2) is 72.8 Å². The lowest BCUT2D eigenvalue weighted by Crippen LogP contribution is -2.42. The molecule has 7 heteroatoms. The first kappa shape index (κ1) is 22.6. The van der Waals surface area contributed by atoms with E-state index in [0.29, 0.717) is 10.6 Å². The highest BCUT2D eigenvalue weighted by molar-refractivity contribution is 6.30. The summed E-state index contributed by atoms with van der Waals surface area (Å²) in [6.45, 7) is 1.92. The van der Waals surface area contributed by atoms with Gasteiger partial charge in [0.1, 0.15) is 0 Å². The minimum absolute atomic E-state index is 0.280. The Balaban J connectivity index is 1.69. The number of hydrazone groups is 1. The molecule has 0 radical (unpaired) electrons. The van der Waals surface area contributed by atoms with Gasteiger partial charge in [0.15, 0.2) is 6.04 Å². The number of benzene rings is 3. The molecular weight excluding hydrogens is 436 g/mol. The molecule has 6 nitrogen and oxygen atoms in total. The van der Waals surface area contributed by atoms with Crippen LogP contribution in [0, 0.1) is 6.92 Å². The van der Waals surface area contributed by atoms with Crippen LogP contribution in [0.4, 0.5) is 5.69 Å².